The topological polar surface area (TPSA) is 65.4 Å². The number of benzene rings is 2. The Morgan fingerprint density at radius 1 is 1.15 bits per heavy atom. The summed E-state index contributed by atoms with van der Waals surface area (Å²) in [6.07, 6.45) is 2.42. The predicted octanol–water partition coefficient (Wildman–Crippen LogP) is 6.35. The molecule has 0 spiro atoms. The van der Waals surface area contributed by atoms with Gasteiger partial charge in [0.05, 0.1) is 5.56 Å². The Labute approximate surface area is 199 Å². The van der Waals surface area contributed by atoms with Crippen molar-refractivity contribution in [1.82, 2.24) is 4.90 Å². The maximum Gasteiger partial charge on any atom is 0.228 e. The van der Waals surface area contributed by atoms with Gasteiger partial charge in [-0.3, -0.25) is 9.69 Å². The van der Waals surface area contributed by atoms with Crippen molar-refractivity contribution in [3.63, 3.8) is 0 Å². The highest BCUT2D eigenvalue weighted by molar-refractivity contribution is 7.16. The van der Waals surface area contributed by atoms with Gasteiger partial charge in [0.25, 0.3) is 0 Å². The van der Waals surface area contributed by atoms with Crippen LogP contribution in [-0.2, 0) is 24.3 Å². The number of amides is 1. The lowest BCUT2D eigenvalue weighted by Crippen LogP contribution is -2.29. The van der Waals surface area contributed by atoms with Crippen molar-refractivity contribution in [3.05, 3.63) is 76.2 Å². The monoisotopic (exact) mass is 459 g/mol. The van der Waals surface area contributed by atoms with Crippen LogP contribution >= 0.6 is 11.3 Å². The first-order chi connectivity index (χ1) is 16.1. The Bertz CT molecular complexity index is 1150. The molecule has 0 saturated heterocycles. The van der Waals surface area contributed by atoms with Gasteiger partial charge in [-0.05, 0) is 54.7 Å². The zero-order valence-corrected chi connectivity index (χ0v) is 20.0. The molecule has 0 aliphatic carbocycles. The summed E-state index contributed by atoms with van der Waals surface area (Å²) in [5.74, 6) is 1.65. The highest BCUT2D eigenvalue weighted by atomic mass is 32.1. The molecule has 1 N–H and O–H groups in total. The van der Waals surface area contributed by atoms with Gasteiger partial charge in [0, 0.05) is 30.4 Å². The Hall–Kier alpha value is -3.14. The first kappa shape index (κ1) is 23.0. The van der Waals surface area contributed by atoms with Crippen molar-refractivity contribution < 1.29 is 9.53 Å². The number of carbonyl (C=O) groups is 1. The lowest BCUT2D eigenvalue weighted by Gasteiger charge is -2.26. The number of thiophene rings is 1. The Kier molecular flexibility index (Phi) is 7.43. The van der Waals surface area contributed by atoms with E-state index in [2.05, 4.69) is 28.4 Å². The van der Waals surface area contributed by atoms with Gasteiger partial charge in [-0.15, -0.1) is 11.3 Å². The van der Waals surface area contributed by atoms with E-state index in [0.717, 1.165) is 56.0 Å². The van der Waals surface area contributed by atoms with E-state index in [9.17, 15) is 10.1 Å². The van der Waals surface area contributed by atoms with Crippen LogP contribution in [0.1, 0.15) is 48.3 Å². The van der Waals surface area contributed by atoms with Crippen LogP contribution in [0.25, 0.3) is 0 Å². The quantitative estimate of drug-likeness (QED) is 0.426. The zero-order chi connectivity index (χ0) is 23.2. The van der Waals surface area contributed by atoms with Crippen LogP contribution in [0.3, 0.4) is 0 Å². The molecule has 4 rings (SSSR count). The van der Waals surface area contributed by atoms with Crippen LogP contribution in [0, 0.1) is 17.2 Å². The van der Waals surface area contributed by atoms with Crippen LogP contribution in [0.2, 0.25) is 0 Å². The van der Waals surface area contributed by atoms with E-state index in [0.29, 0.717) is 10.6 Å². The molecule has 3 aromatic rings. The number of nitriles is 1. The fourth-order valence-corrected chi connectivity index (χ4v) is 5.50. The summed E-state index contributed by atoms with van der Waals surface area (Å²) in [5, 5.41) is 13.5. The molecular weight excluding hydrogens is 430 g/mol. The third-order valence-corrected chi connectivity index (χ3v) is 7.26. The largest absolute Gasteiger partial charge is 0.457 e. The molecule has 2 aromatic carbocycles. The number of anilines is 1. The molecule has 0 fully saturated rings. The number of para-hydroxylation sites is 1. The lowest BCUT2D eigenvalue weighted by atomic mass is 10.0. The average Bonchev–Trinajstić information content (AvgIpc) is 3.16. The van der Waals surface area contributed by atoms with Crippen molar-refractivity contribution in [2.75, 3.05) is 11.9 Å². The highest BCUT2D eigenvalue weighted by Crippen LogP contribution is 2.37. The summed E-state index contributed by atoms with van der Waals surface area (Å²) in [6, 6.07) is 20.3. The normalized spacial score (nSPS) is 13.4. The number of rotatable bonds is 8. The minimum absolute atomic E-state index is 0.0159. The molecule has 0 saturated carbocycles. The minimum atomic E-state index is -0.0162. The molecule has 2 heterocycles. The zero-order valence-electron chi connectivity index (χ0n) is 19.1. The van der Waals surface area contributed by atoms with Gasteiger partial charge in [-0.1, -0.05) is 44.2 Å². The Morgan fingerprint density at radius 3 is 2.64 bits per heavy atom. The first-order valence-corrected chi connectivity index (χ1v) is 12.3. The number of hydrogen-bond donors (Lipinski definition) is 1. The fourth-order valence-electron chi connectivity index (χ4n) is 4.26. The molecule has 0 radical (unpaired) electrons. The van der Waals surface area contributed by atoms with Crippen LogP contribution in [-0.4, -0.2) is 17.4 Å². The van der Waals surface area contributed by atoms with Crippen LogP contribution in [0.15, 0.2) is 54.6 Å². The third kappa shape index (κ3) is 5.44. The highest BCUT2D eigenvalue weighted by Gasteiger charge is 2.26. The van der Waals surface area contributed by atoms with Crippen molar-refractivity contribution in [1.29, 1.82) is 5.26 Å². The Balaban J connectivity index is 1.45. The molecule has 6 heteroatoms. The summed E-state index contributed by atoms with van der Waals surface area (Å²) in [5.41, 5.74) is 2.93. The number of nitrogens with zero attached hydrogens (tertiary/aromatic N) is 2. The van der Waals surface area contributed by atoms with Gasteiger partial charge in [0.1, 0.15) is 22.6 Å². The van der Waals surface area contributed by atoms with Gasteiger partial charge >= 0.3 is 0 Å². The standard InChI is InChI=1S/C27H29N3O2S/c1-3-20(4-2)26(31)29-27-24(16-28)23-13-14-30(18-25(23)33-27)17-19-9-8-12-22(15-19)32-21-10-6-5-7-11-21/h5-12,15,20H,3-4,13-14,17-18H2,1-2H3,(H,29,31). The number of fused-ring (bicyclic) bond motifs is 1. The second-order valence-electron chi connectivity index (χ2n) is 8.35. The van der Waals surface area contributed by atoms with E-state index in [-0.39, 0.29) is 11.8 Å². The second-order valence-corrected chi connectivity index (χ2v) is 9.45. The van der Waals surface area contributed by atoms with Gasteiger partial charge < -0.3 is 10.1 Å². The fraction of sp³-hybridized carbons (Fsp3) is 0.333. The molecule has 33 heavy (non-hydrogen) atoms. The van der Waals surface area contributed by atoms with Gasteiger partial charge in [0.15, 0.2) is 0 Å². The van der Waals surface area contributed by atoms with Gasteiger partial charge in [-0.2, -0.15) is 5.26 Å². The third-order valence-electron chi connectivity index (χ3n) is 6.12. The molecule has 1 aliphatic heterocycles. The maximum atomic E-state index is 12.6. The van der Waals surface area contributed by atoms with Crippen molar-refractivity contribution in [3.8, 4) is 17.6 Å². The molecule has 0 atom stereocenters. The predicted molar refractivity (Wildman–Crippen MR) is 133 cm³/mol. The molecule has 0 unspecified atom stereocenters. The summed E-state index contributed by atoms with van der Waals surface area (Å²) in [6.45, 7) is 6.51. The van der Waals surface area contributed by atoms with E-state index in [1.54, 1.807) is 11.3 Å². The molecule has 1 amide bonds. The van der Waals surface area contributed by atoms with E-state index >= 15 is 0 Å². The van der Waals surface area contributed by atoms with E-state index in [1.165, 1.54) is 10.4 Å². The van der Waals surface area contributed by atoms with Crippen molar-refractivity contribution >= 4 is 22.2 Å². The van der Waals surface area contributed by atoms with Gasteiger partial charge in [0.2, 0.25) is 5.91 Å². The molecule has 0 bridgehead atoms. The van der Waals surface area contributed by atoms with Crippen molar-refractivity contribution in [2.45, 2.75) is 46.2 Å². The lowest BCUT2D eigenvalue weighted by molar-refractivity contribution is -0.120. The smallest absolute Gasteiger partial charge is 0.228 e. The van der Waals surface area contributed by atoms with E-state index < -0.39 is 0 Å². The number of nitrogens with one attached hydrogen (secondary N) is 1. The maximum absolute atomic E-state index is 12.6. The second kappa shape index (κ2) is 10.7. The van der Waals surface area contributed by atoms with Crippen LogP contribution in [0.4, 0.5) is 5.00 Å². The number of ether oxygens (including phenoxy) is 1. The number of carbonyl (C=O) groups excluding carboxylic acids is 1. The van der Waals surface area contributed by atoms with Crippen LogP contribution < -0.4 is 10.1 Å². The first-order valence-electron chi connectivity index (χ1n) is 11.5. The summed E-state index contributed by atoms with van der Waals surface area (Å²) < 4.78 is 5.98. The Morgan fingerprint density at radius 2 is 1.91 bits per heavy atom. The summed E-state index contributed by atoms with van der Waals surface area (Å²) in [7, 11) is 0. The molecule has 170 valence electrons. The number of hydrogen-bond acceptors (Lipinski definition) is 5. The molecule has 5 nitrogen and oxygen atoms in total. The molecule has 1 aromatic heterocycles. The SMILES string of the molecule is CCC(CC)C(=O)Nc1sc2c(c1C#N)CCN(Cc1cccc(Oc3ccccc3)c1)C2. The van der Waals surface area contributed by atoms with E-state index in [4.69, 9.17) is 4.74 Å². The van der Waals surface area contributed by atoms with E-state index in [1.807, 2.05) is 56.3 Å². The van der Waals surface area contributed by atoms with Crippen molar-refractivity contribution in [2.24, 2.45) is 5.92 Å². The minimum Gasteiger partial charge on any atom is -0.457 e. The summed E-state index contributed by atoms with van der Waals surface area (Å²) in [4.78, 5) is 16.1. The average molecular weight is 460 g/mol. The molecule has 1 aliphatic rings. The van der Waals surface area contributed by atoms with Crippen LogP contribution in [0.5, 0.6) is 11.5 Å². The van der Waals surface area contributed by atoms with Gasteiger partial charge in [-0.25, -0.2) is 0 Å². The summed E-state index contributed by atoms with van der Waals surface area (Å²) >= 11 is 1.55. The molecular formula is C27H29N3O2S.